The second-order valence-electron chi connectivity index (χ2n) is 5.23. The van der Waals surface area contributed by atoms with Crippen LogP contribution < -0.4 is 10.6 Å². The van der Waals surface area contributed by atoms with Gasteiger partial charge in [-0.3, -0.25) is 4.79 Å². The summed E-state index contributed by atoms with van der Waals surface area (Å²) in [6, 6.07) is -0.144. The second-order valence-corrected chi connectivity index (χ2v) is 5.23. The van der Waals surface area contributed by atoms with Crippen LogP contribution in [0.2, 0.25) is 0 Å². The van der Waals surface area contributed by atoms with Crippen molar-refractivity contribution in [3.8, 4) is 0 Å². The van der Waals surface area contributed by atoms with Crippen LogP contribution in [0.1, 0.15) is 32.1 Å². The third-order valence-electron chi connectivity index (χ3n) is 3.49. The highest BCUT2D eigenvalue weighted by molar-refractivity contribution is 5.73. The molecule has 0 aromatic heterocycles. The lowest BCUT2D eigenvalue weighted by Gasteiger charge is -2.28. The maximum atomic E-state index is 11.5. The van der Waals surface area contributed by atoms with Crippen LogP contribution in [0, 0.1) is 5.92 Å². The van der Waals surface area contributed by atoms with Crippen LogP contribution in [0.25, 0.3) is 0 Å². The van der Waals surface area contributed by atoms with Crippen molar-refractivity contribution in [2.45, 2.75) is 32.1 Å². The average molecular weight is 271 g/mol. The number of carboxylic acids is 1. The number of piperidine rings is 1. The molecule has 110 valence electrons. The maximum Gasteiger partial charge on any atom is 0.314 e. The van der Waals surface area contributed by atoms with E-state index < -0.39 is 5.97 Å². The Balaban J connectivity index is 1.97. The first kappa shape index (κ1) is 15.8. The Morgan fingerprint density at radius 3 is 2.53 bits per heavy atom. The van der Waals surface area contributed by atoms with Crippen LogP contribution in [-0.2, 0) is 4.79 Å². The van der Waals surface area contributed by atoms with E-state index in [1.165, 1.54) is 0 Å². The van der Waals surface area contributed by atoms with Crippen molar-refractivity contribution < 1.29 is 14.7 Å². The summed E-state index contributed by atoms with van der Waals surface area (Å²) in [7, 11) is 2.12. The molecule has 6 nitrogen and oxygen atoms in total. The van der Waals surface area contributed by atoms with Gasteiger partial charge in [0.2, 0.25) is 0 Å². The molecule has 19 heavy (non-hydrogen) atoms. The van der Waals surface area contributed by atoms with Gasteiger partial charge in [0.15, 0.2) is 0 Å². The zero-order valence-corrected chi connectivity index (χ0v) is 11.7. The molecule has 0 radical (unpaired) electrons. The molecule has 1 heterocycles. The number of hydrogen-bond acceptors (Lipinski definition) is 3. The Morgan fingerprint density at radius 2 is 1.89 bits per heavy atom. The predicted octanol–water partition coefficient (Wildman–Crippen LogP) is 0.882. The largest absolute Gasteiger partial charge is 0.481 e. The number of nitrogens with one attached hydrogen (secondary N) is 2. The molecule has 1 aliphatic rings. The Kier molecular flexibility index (Phi) is 7.25. The van der Waals surface area contributed by atoms with Gasteiger partial charge in [-0.1, -0.05) is 0 Å². The van der Waals surface area contributed by atoms with E-state index in [1.54, 1.807) is 0 Å². The number of amides is 2. The first-order valence-corrected chi connectivity index (χ1v) is 7.00. The third-order valence-corrected chi connectivity index (χ3v) is 3.49. The molecule has 1 saturated heterocycles. The van der Waals surface area contributed by atoms with Crippen molar-refractivity contribution in [3.63, 3.8) is 0 Å². The predicted molar refractivity (Wildman–Crippen MR) is 73.1 cm³/mol. The number of hydrogen-bond donors (Lipinski definition) is 3. The molecule has 0 aromatic carbocycles. The first-order chi connectivity index (χ1) is 9.08. The normalized spacial score (nSPS) is 17.1. The average Bonchev–Trinajstić information content (AvgIpc) is 2.37. The molecule has 0 spiro atoms. The molecule has 6 heteroatoms. The molecule has 2 amide bonds. The van der Waals surface area contributed by atoms with Gasteiger partial charge in [0.25, 0.3) is 0 Å². The van der Waals surface area contributed by atoms with E-state index in [2.05, 4.69) is 22.6 Å². The van der Waals surface area contributed by atoms with Gasteiger partial charge in [-0.15, -0.1) is 0 Å². The topological polar surface area (TPSA) is 81.7 Å². The van der Waals surface area contributed by atoms with Crippen molar-refractivity contribution in [1.82, 2.24) is 15.5 Å². The minimum Gasteiger partial charge on any atom is -0.481 e. The SMILES string of the molecule is CN1CCC(CNC(=O)NCCCCC(=O)O)CC1. The van der Waals surface area contributed by atoms with Gasteiger partial charge in [0, 0.05) is 19.5 Å². The lowest BCUT2D eigenvalue weighted by molar-refractivity contribution is -0.137. The van der Waals surface area contributed by atoms with Crippen LogP contribution in [0.3, 0.4) is 0 Å². The molecule has 0 aromatic rings. The Hall–Kier alpha value is -1.30. The molecular formula is C13H25N3O3. The monoisotopic (exact) mass is 271 g/mol. The molecule has 1 rings (SSSR count). The standard InChI is InChI=1S/C13H25N3O3/c1-16-8-5-11(6-9-16)10-15-13(19)14-7-3-2-4-12(17)18/h11H,2-10H2,1H3,(H,17,18)(H2,14,15,19). The number of likely N-dealkylation sites (tertiary alicyclic amines) is 1. The van der Waals surface area contributed by atoms with E-state index in [9.17, 15) is 9.59 Å². The molecule has 0 atom stereocenters. The number of carbonyl (C=O) groups is 2. The van der Waals surface area contributed by atoms with Crippen molar-refractivity contribution in [2.24, 2.45) is 5.92 Å². The van der Waals surface area contributed by atoms with Crippen molar-refractivity contribution in [1.29, 1.82) is 0 Å². The van der Waals surface area contributed by atoms with E-state index >= 15 is 0 Å². The van der Waals surface area contributed by atoms with Gasteiger partial charge >= 0.3 is 12.0 Å². The summed E-state index contributed by atoms with van der Waals surface area (Å²) in [6.45, 7) is 3.47. The summed E-state index contributed by atoms with van der Waals surface area (Å²) < 4.78 is 0. The Morgan fingerprint density at radius 1 is 1.21 bits per heavy atom. The van der Waals surface area contributed by atoms with Gasteiger partial charge in [0.05, 0.1) is 0 Å². The van der Waals surface area contributed by atoms with E-state index in [1.807, 2.05) is 0 Å². The van der Waals surface area contributed by atoms with Gasteiger partial charge in [-0.2, -0.15) is 0 Å². The fourth-order valence-electron chi connectivity index (χ4n) is 2.17. The minimum absolute atomic E-state index is 0.144. The lowest BCUT2D eigenvalue weighted by Crippen LogP contribution is -2.41. The zero-order valence-electron chi connectivity index (χ0n) is 11.7. The van der Waals surface area contributed by atoms with Gasteiger partial charge in [-0.05, 0) is 51.7 Å². The van der Waals surface area contributed by atoms with Crippen LogP contribution >= 0.6 is 0 Å². The number of aliphatic carboxylic acids is 1. The van der Waals surface area contributed by atoms with Crippen LogP contribution in [0.4, 0.5) is 4.79 Å². The summed E-state index contributed by atoms with van der Waals surface area (Å²) in [4.78, 5) is 24.1. The van der Waals surface area contributed by atoms with Gasteiger partial charge in [-0.25, -0.2) is 4.79 Å². The van der Waals surface area contributed by atoms with Crippen molar-refractivity contribution in [3.05, 3.63) is 0 Å². The smallest absolute Gasteiger partial charge is 0.314 e. The maximum absolute atomic E-state index is 11.5. The van der Waals surface area contributed by atoms with Crippen LogP contribution in [0.5, 0.6) is 0 Å². The van der Waals surface area contributed by atoms with Crippen LogP contribution in [0.15, 0.2) is 0 Å². The number of rotatable bonds is 7. The summed E-state index contributed by atoms with van der Waals surface area (Å²) in [5.74, 6) is -0.208. The van der Waals surface area contributed by atoms with E-state index in [-0.39, 0.29) is 12.5 Å². The highest BCUT2D eigenvalue weighted by Crippen LogP contribution is 2.14. The van der Waals surface area contributed by atoms with Gasteiger partial charge in [0.1, 0.15) is 0 Å². The van der Waals surface area contributed by atoms with Crippen molar-refractivity contribution >= 4 is 12.0 Å². The van der Waals surface area contributed by atoms with E-state index in [4.69, 9.17) is 5.11 Å². The summed E-state index contributed by atoms with van der Waals surface area (Å²) in [5, 5.41) is 14.1. The number of carbonyl (C=O) groups excluding carboxylic acids is 1. The molecule has 0 bridgehead atoms. The van der Waals surface area contributed by atoms with Crippen LogP contribution in [-0.4, -0.2) is 55.2 Å². The molecule has 0 aliphatic carbocycles. The fraction of sp³-hybridized carbons (Fsp3) is 0.846. The molecule has 0 saturated carbocycles. The Labute approximate surface area is 114 Å². The summed E-state index contributed by atoms with van der Waals surface area (Å²) in [6.07, 6.45) is 3.74. The molecule has 1 aliphatic heterocycles. The summed E-state index contributed by atoms with van der Waals surface area (Å²) >= 11 is 0. The number of urea groups is 1. The van der Waals surface area contributed by atoms with E-state index in [0.29, 0.717) is 25.3 Å². The third kappa shape index (κ3) is 7.66. The summed E-state index contributed by atoms with van der Waals surface area (Å²) in [5.41, 5.74) is 0. The quantitative estimate of drug-likeness (QED) is 0.600. The first-order valence-electron chi connectivity index (χ1n) is 7.00. The highest BCUT2D eigenvalue weighted by Gasteiger charge is 2.16. The minimum atomic E-state index is -0.785. The van der Waals surface area contributed by atoms with Gasteiger partial charge < -0.3 is 20.6 Å². The molecule has 1 fully saturated rings. The van der Waals surface area contributed by atoms with E-state index in [0.717, 1.165) is 32.5 Å². The van der Waals surface area contributed by atoms with Crippen molar-refractivity contribution in [2.75, 3.05) is 33.2 Å². The number of carboxylic acid groups (broad SMARTS) is 1. The zero-order chi connectivity index (χ0) is 14.1. The highest BCUT2D eigenvalue weighted by atomic mass is 16.4. The fourth-order valence-corrected chi connectivity index (χ4v) is 2.17. The Bertz CT molecular complexity index is 289. The number of unbranched alkanes of at least 4 members (excludes halogenated alkanes) is 1. The molecule has 0 unspecified atom stereocenters. The molecule has 3 N–H and O–H groups in total. The second kappa shape index (κ2) is 8.74. The lowest BCUT2D eigenvalue weighted by atomic mass is 9.97. The molecular weight excluding hydrogens is 246 g/mol. The number of nitrogens with zero attached hydrogens (tertiary/aromatic N) is 1.